The minimum atomic E-state index is 0. The largest absolute Gasteiger partial charge is 3.00 e. The van der Waals surface area contributed by atoms with Gasteiger partial charge in [-0.3, -0.25) is 0 Å². The second-order valence-corrected chi connectivity index (χ2v) is 0. The monoisotopic (exact) mass is 85.0 g/mol. The number of rotatable bonds is 0. The molecule has 0 saturated heterocycles. The second kappa shape index (κ2) is 256000. The van der Waals surface area contributed by atoms with E-state index < -0.39 is 0 Å². The Morgan fingerprint density at radius 1 is 0.500 bits per heavy atom. The quantitative estimate of drug-likeness (QED) is 0.256. The Balaban J connectivity index is 0. The van der Waals surface area contributed by atoms with Crippen LogP contribution in [-0.4, -0.2) is 11.0 Å². The summed E-state index contributed by atoms with van der Waals surface area (Å²) < 4.78 is 0. The molecular weight excluding hydrogens is 85.1 g/mol. The molecule has 1 radical (unpaired) electrons. The Kier molecular flexibility index (Phi) is 48900000000. The summed E-state index contributed by atoms with van der Waals surface area (Å²) in [6, 6.07) is 0. The number of hydrogen-bond acceptors (Lipinski definition) is 0. The number of halogens is 3. The normalized spacial score (nSPS) is 0. The van der Waals surface area contributed by atoms with E-state index in [0.29, 0.717) is 0 Å². The Bertz CT molecular complexity index is 3.25. The average molecular weight is 85.1 g/mol. The van der Waals surface area contributed by atoms with Crippen molar-refractivity contribution in [1.29, 1.82) is 0 Å². The van der Waals surface area contributed by atoms with E-state index in [1.54, 1.807) is 0 Å². The molecule has 0 aliphatic carbocycles. The average Bonchev–Trinajstić information content (AvgIpc) is 0. The fraction of sp³-hybridized carbons (Fsp3) is 0. The molecule has 0 aromatic carbocycles. The van der Waals surface area contributed by atoms with Crippen LogP contribution in [0.2, 0.25) is 0 Å². The Hall–Kier alpha value is 0.00688. The van der Waals surface area contributed by atoms with Crippen LogP contribution in [0.4, 0.5) is 0 Å². The summed E-state index contributed by atoms with van der Waals surface area (Å²) in [7, 11) is 0. The summed E-state index contributed by atoms with van der Waals surface area (Å²) in [5, 5.41) is 0. The molecule has 0 aliphatic rings. The van der Waals surface area contributed by atoms with E-state index in [4.69, 9.17) is 0 Å². The summed E-state index contributed by atoms with van der Waals surface area (Å²) in [4.78, 5) is 0. The van der Waals surface area contributed by atoms with Crippen LogP contribution in [0.5, 0.6) is 0 Å². The van der Waals surface area contributed by atoms with Crippen LogP contribution >= 0.6 is 0 Å². The zero-order valence-electron chi connectivity index (χ0n) is 1.63. The summed E-state index contributed by atoms with van der Waals surface area (Å²) in [6.07, 6.45) is 0. The molecule has 4 heteroatoms. The van der Waals surface area contributed by atoms with Crippen molar-refractivity contribution >= 4 is 11.0 Å². The zero-order chi connectivity index (χ0) is 0. The van der Waals surface area contributed by atoms with Crippen molar-refractivity contribution in [3.8, 4) is 0 Å². The summed E-state index contributed by atoms with van der Waals surface area (Å²) in [5.41, 5.74) is 0. The van der Waals surface area contributed by atoms with Crippen LogP contribution in [0.25, 0.3) is 0 Å². The molecule has 0 rings (SSSR count). The first-order chi connectivity index (χ1) is 0. The molecule has 0 unspecified atom stereocenters. The van der Waals surface area contributed by atoms with Gasteiger partial charge in [-0.25, -0.2) is 0 Å². The summed E-state index contributed by atoms with van der Waals surface area (Å²) in [6.45, 7) is 0. The van der Waals surface area contributed by atoms with Crippen molar-refractivity contribution < 1.29 is 14.1 Å². The molecule has 4 heavy (non-hydrogen) atoms. The van der Waals surface area contributed by atoms with E-state index in [-0.39, 0.29) is 25.1 Å². The molecular formula is F3Si. The maximum atomic E-state index is 0. The predicted molar refractivity (Wildman–Crippen MR) is 5.75 cm³/mol. The van der Waals surface area contributed by atoms with Gasteiger partial charge in [-0.2, -0.15) is 0 Å². The van der Waals surface area contributed by atoms with Crippen molar-refractivity contribution in [2.24, 2.45) is 0 Å². The molecule has 0 heterocycles. The van der Waals surface area contributed by atoms with E-state index in [1.807, 2.05) is 0 Å². The van der Waals surface area contributed by atoms with Crippen molar-refractivity contribution in [2.75, 3.05) is 0 Å². The van der Waals surface area contributed by atoms with Gasteiger partial charge in [0.15, 0.2) is 0 Å². The van der Waals surface area contributed by atoms with Gasteiger partial charge in [-0.15, -0.1) is 0 Å². The van der Waals surface area contributed by atoms with Gasteiger partial charge in [-0.05, 0) is 0 Å². The molecule has 0 fully saturated rings. The summed E-state index contributed by atoms with van der Waals surface area (Å²) in [5.74, 6) is 0. The fourth-order valence-corrected chi connectivity index (χ4v) is 0. The van der Waals surface area contributed by atoms with Crippen LogP contribution in [-0.2, 0) is 0 Å². The molecule has 25 valence electrons. The molecule has 0 N–H and O–H groups in total. The van der Waals surface area contributed by atoms with E-state index in [2.05, 4.69) is 0 Å². The van der Waals surface area contributed by atoms with Crippen molar-refractivity contribution in [3.05, 3.63) is 0 Å². The standard InChI is InChI=1S/3FH.Si/h3*1H;/q;;;+3/p-3. The van der Waals surface area contributed by atoms with Crippen molar-refractivity contribution in [1.82, 2.24) is 0 Å². The Labute approximate surface area is 26.3 Å². The second-order valence-electron chi connectivity index (χ2n) is 0. The van der Waals surface area contributed by atoms with Gasteiger partial charge in [0.2, 0.25) is 0 Å². The third-order valence-corrected chi connectivity index (χ3v) is 0. The molecule has 0 aromatic heterocycles. The van der Waals surface area contributed by atoms with Crippen molar-refractivity contribution in [2.45, 2.75) is 0 Å². The molecule has 0 aliphatic heterocycles. The molecule has 0 amide bonds. The topological polar surface area (TPSA) is 0 Å². The van der Waals surface area contributed by atoms with Gasteiger partial charge in [0.25, 0.3) is 0 Å². The molecule has 0 atom stereocenters. The summed E-state index contributed by atoms with van der Waals surface area (Å²) >= 11 is 0. The van der Waals surface area contributed by atoms with E-state index in [1.165, 1.54) is 0 Å². The minimum Gasteiger partial charge on any atom is -1.00 e. The van der Waals surface area contributed by atoms with Gasteiger partial charge >= 0.3 is 11.0 Å². The number of hydrogen-bond donors (Lipinski definition) is 0. The fourth-order valence-electron chi connectivity index (χ4n) is 0. The van der Waals surface area contributed by atoms with Crippen LogP contribution < -0.4 is 14.1 Å². The van der Waals surface area contributed by atoms with Crippen molar-refractivity contribution in [3.63, 3.8) is 0 Å². The van der Waals surface area contributed by atoms with Gasteiger partial charge < -0.3 is 14.1 Å². The predicted octanol–water partition coefficient (Wildman–Crippen LogP) is -9.37. The molecule has 0 bridgehead atoms. The third kappa shape index (κ3) is 42900. The van der Waals surface area contributed by atoms with E-state index in [9.17, 15) is 0 Å². The van der Waals surface area contributed by atoms with Crippen LogP contribution in [0.15, 0.2) is 0 Å². The maximum absolute atomic E-state index is 0. The van der Waals surface area contributed by atoms with Gasteiger partial charge in [0, 0.05) is 0 Å². The van der Waals surface area contributed by atoms with E-state index in [0.717, 1.165) is 0 Å². The van der Waals surface area contributed by atoms with Gasteiger partial charge in [-0.1, -0.05) is 0 Å². The third-order valence-electron chi connectivity index (χ3n) is 0. The first-order valence-corrected chi connectivity index (χ1v) is 0. The van der Waals surface area contributed by atoms with Crippen LogP contribution in [0, 0.1) is 0 Å². The van der Waals surface area contributed by atoms with Gasteiger partial charge in [0.1, 0.15) is 0 Å². The zero-order valence-corrected chi connectivity index (χ0v) is 2.63. The molecule has 0 nitrogen and oxygen atoms in total. The van der Waals surface area contributed by atoms with Gasteiger partial charge in [0.05, 0.1) is 0 Å². The van der Waals surface area contributed by atoms with Crippen LogP contribution in [0.3, 0.4) is 0 Å². The SMILES string of the molecule is [F-].[F-].[F-].[Si+3]. The molecule has 0 saturated carbocycles. The molecule has 0 spiro atoms. The van der Waals surface area contributed by atoms with Crippen LogP contribution in [0.1, 0.15) is 0 Å². The molecule has 0 aromatic rings. The van der Waals surface area contributed by atoms with E-state index >= 15 is 0 Å². The Morgan fingerprint density at radius 3 is 0.500 bits per heavy atom. The first kappa shape index (κ1) is 765000. The smallest absolute Gasteiger partial charge is 1.00 e. The minimum absolute atomic E-state index is 0. The first-order valence-electron chi connectivity index (χ1n) is 0. The maximum Gasteiger partial charge on any atom is 3.00 e. The Morgan fingerprint density at radius 2 is 0.500 bits per heavy atom.